The van der Waals surface area contributed by atoms with E-state index in [9.17, 15) is 9.59 Å². The molecule has 0 bridgehead atoms. The van der Waals surface area contributed by atoms with Gasteiger partial charge >= 0.3 is 5.97 Å². The third-order valence-corrected chi connectivity index (χ3v) is 4.01. The van der Waals surface area contributed by atoms with Crippen LogP contribution in [0.5, 0.6) is 0 Å². The lowest BCUT2D eigenvalue weighted by atomic mass is 10.1. The molecule has 1 amide bonds. The number of hydrogen-bond acceptors (Lipinski definition) is 6. The molecule has 23 heavy (non-hydrogen) atoms. The maximum absolute atomic E-state index is 11.7. The van der Waals surface area contributed by atoms with Crippen LogP contribution in [0.3, 0.4) is 0 Å². The topological polar surface area (TPSA) is 80.3 Å². The van der Waals surface area contributed by atoms with E-state index < -0.39 is 5.97 Å². The summed E-state index contributed by atoms with van der Waals surface area (Å²) in [6.45, 7) is 3.92. The molecule has 2 aromatic rings. The van der Waals surface area contributed by atoms with Crippen molar-refractivity contribution in [3.8, 4) is 0 Å². The van der Waals surface area contributed by atoms with E-state index in [2.05, 4.69) is 15.6 Å². The molecule has 2 rings (SSSR count). The SMILES string of the molecule is COC(=O)c1ccc2nc(NC(=S)NC(=O)CC(C)C)sc2c1. The van der Waals surface area contributed by atoms with Gasteiger partial charge in [-0.3, -0.25) is 4.79 Å². The Morgan fingerprint density at radius 2 is 2.13 bits per heavy atom. The highest BCUT2D eigenvalue weighted by atomic mass is 32.1. The lowest BCUT2D eigenvalue weighted by Gasteiger charge is -2.08. The number of thiazole rings is 1. The summed E-state index contributed by atoms with van der Waals surface area (Å²) in [6.07, 6.45) is 0.407. The van der Waals surface area contributed by atoms with E-state index in [-0.39, 0.29) is 16.9 Å². The first kappa shape index (κ1) is 17.3. The molecule has 8 heteroatoms. The van der Waals surface area contributed by atoms with E-state index in [0.717, 1.165) is 10.2 Å². The Hall–Kier alpha value is -2.06. The fraction of sp³-hybridized carbons (Fsp3) is 0.333. The van der Waals surface area contributed by atoms with Gasteiger partial charge in [-0.1, -0.05) is 25.2 Å². The van der Waals surface area contributed by atoms with Crippen LogP contribution >= 0.6 is 23.6 Å². The number of aromatic nitrogens is 1. The molecule has 0 saturated carbocycles. The molecular weight excluding hydrogens is 334 g/mol. The molecule has 0 spiro atoms. The number of fused-ring (bicyclic) bond motifs is 1. The molecule has 0 aliphatic rings. The van der Waals surface area contributed by atoms with Crippen molar-refractivity contribution in [2.45, 2.75) is 20.3 Å². The molecular formula is C15H17N3O3S2. The lowest BCUT2D eigenvalue weighted by Crippen LogP contribution is -2.34. The first-order chi connectivity index (χ1) is 10.9. The Morgan fingerprint density at radius 1 is 1.39 bits per heavy atom. The van der Waals surface area contributed by atoms with Gasteiger partial charge in [-0.15, -0.1) is 0 Å². The normalized spacial score (nSPS) is 10.6. The number of nitrogens with zero attached hydrogens (tertiary/aromatic N) is 1. The molecule has 0 aliphatic carbocycles. The highest BCUT2D eigenvalue weighted by Gasteiger charge is 2.12. The Balaban J connectivity index is 2.07. The van der Waals surface area contributed by atoms with E-state index in [1.807, 2.05) is 13.8 Å². The van der Waals surface area contributed by atoms with Crippen molar-refractivity contribution in [3.05, 3.63) is 23.8 Å². The van der Waals surface area contributed by atoms with Crippen LogP contribution in [0.2, 0.25) is 0 Å². The number of anilines is 1. The van der Waals surface area contributed by atoms with E-state index in [0.29, 0.717) is 17.1 Å². The van der Waals surface area contributed by atoms with Gasteiger partial charge in [0, 0.05) is 6.42 Å². The average Bonchev–Trinajstić information content (AvgIpc) is 2.85. The monoisotopic (exact) mass is 351 g/mol. The molecule has 0 aliphatic heterocycles. The zero-order chi connectivity index (χ0) is 17.0. The molecule has 0 unspecified atom stereocenters. The van der Waals surface area contributed by atoms with Crippen LogP contribution in [0.4, 0.5) is 5.13 Å². The largest absolute Gasteiger partial charge is 0.465 e. The predicted octanol–water partition coefficient (Wildman–Crippen LogP) is 2.94. The first-order valence-electron chi connectivity index (χ1n) is 6.98. The second-order valence-corrected chi connectivity index (χ2v) is 6.73. The number of thiocarbonyl (C=S) groups is 1. The summed E-state index contributed by atoms with van der Waals surface area (Å²) in [5.74, 6) is -0.269. The van der Waals surface area contributed by atoms with E-state index in [4.69, 9.17) is 17.0 Å². The summed E-state index contributed by atoms with van der Waals surface area (Å²) in [5.41, 5.74) is 1.20. The number of rotatable bonds is 4. The molecule has 122 valence electrons. The second-order valence-electron chi connectivity index (χ2n) is 5.29. The van der Waals surface area contributed by atoms with Crippen LogP contribution in [0.15, 0.2) is 18.2 Å². The Kier molecular flexibility index (Phi) is 5.62. The van der Waals surface area contributed by atoms with Gasteiger partial charge in [0.2, 0.25) is 5.91 Å². The van der Waals surface area contributed by atoms with E-state index in [1.165, 1.54) is 18.4 Å². The molecule has 1 aromatic heterocycles. The Morgan fingerprint density at radius 3 is 2.78 bits per heavy atom. The molecule has 2 N–H and O–H groups in total. The molecule has 1 heterocycles. The Labute approximate surface area is 143 Å². The maximum Gasteiger partial charge on any atom is 0.337 e. The van der Waals surface area contributed by atoms with Gasteiger partial charge < -0.3 is 15.4 Å². The van der Waals surface area contributed by atoms with Crippen molar-refractivity contribution in [2.24, 2.45) is 5.92 Å². The zero-order valence-corrected chi connectivity index (χ0v) is 14.6. The molecule has 0 saturated heterocycles. The van der Waals surface area contributed by atoms with Crippen LogP contribution in [0, 0.1) is 5.92 Å². The fourth-order valence-corrected chi connectivity index (χ4v) is 3.08. The molecule has 0 radical (unpaired) electrons. The minimum Gasteiger partial charge on any atom is -0.465 e. The summed E-state index contributed by atoms with van der Waals surface area (Å²) >= 11 is 6.45. The minimum absolute atomic E-state index is 0.133. The molecule has 0 fully saturated rings. The number of benzene rings is 1. The number of nitrogens with one attached hydrogen (secondary N) is 2. The summed E-state index contributed by atoms with van der Waals surface area (Å²) < 4.78 is 5.52. The first-order valence-corrected chi connectivity index (χ1v) is 8.21. The van der Waals surface area contributed by atoms with Crippen molar-refractivity contribution >= 4 is 55.9 Å². The molecule has 1 aromatic carbocycles. The zero-order valence-electron chi connectivity index (χ0n) is 13.0. The third kappa shape index (κ3) is 4.70. The summed E-state index contributed by atoms with van der Waals surface area (Å²) in [7, 11) is 1.34. The number of esters is 1. The average molecular weight is 351 g/mol. The molecule has 0 atom stereocenters. The van der Waals surface area contributed by atoms with Gasteiger partial charge in [-0.25, -0.2) is 9.78 Å². The van der Waals surface area contributed by atoms with Crippen molar-refractivity contribution in [1.29, 1.82) is 0 Å². The van der Waals surface area contributed by atoms with Gasteiger partial charge in [-0.2, -0.15) is 0 Å². The van der Waals surface area contributed by atoms with Crippen molar-refractivity contribution in [1.82, 2.24) is 10.3 Å². The molecule has 6 nitrogen and oxygen atoms in total. The van der Waals surface area contributed by atoms with Gasteiger partial charge in [0.25, 0.3) is 0 Å². The second kappa shape index (κ2) is 7.47. The highest BCUT2D eigenvalue weighted by Crippen LogP contribution is 2.27. The van der Waals surface area contributed by atoms with Crippen LogP contribution in [-0.4, -0.2) is 29.1 Å². The fourth-order valence-electron chi connectivity index (χ4n) is 1.90. The quantitative estimate of drug-likeness (QED) is 0.651. The van der Waals surface area contributed by atoms with Crippen molar-refractivity contribution in [2.75, 3.05) is 12.4 Å². The van der Waals surface area contributed by atoms with Crippen molar-refractivity contribution in [3.63, 3.8) is 0 Å². The smallest absolute Gasteiger partial charge is 0.337 e. The number of hydrogen-bond donors (Lipinski definition) is 2. The highest BCUT2D eigenvalue weighted by molar-refractivity contribution is 7.80. The number of ether oxygens (including phenoxy) is 1. The lowest BCUT2D eigenvalue weighted by molar-refractivity contribution is -0.120. The van der Waals surface area contributed by atoms with Crippen LogP contribution in [0.25, 0.3) is 10.2 Å². The number of carbonyl (C=O) groups is 2. The van der Waals surface area contributed by atoms with Crippen LogP contribution < -0.4 is 10.6 Å². The van der Waals surface area contributed by atoms with Crippen molar-refractivity contribution < 1.29 is 14.3 Å². The third-order valence-electron chi connectivity index (χ3n) is 2.88. The summed E-state index contributed by atoms with van der Waals surface area (Å²) in [5, 5.41) is 6.27. The number of methoxy groups -OCH3 is 1. The van der Waals surface area contributed by atoms with Gasteiger partial charge in [0.1, 0.15) is 0 Å². The summed E-state index contributed by atoms with van der Waals surface area (Å²) in [6, 6.07) is 5.11. The van der Waals surface area contributed by atoms with Gasteiger partial charge in [0.05, 0.1) is 22.9 Å². The van der Waals surface area contributed by atoms with Gasteiger partial charge in [-0.05, 0) is 36.3 Å². The Bertz CT molecular complexity index is 756. The maximum atomic E-state index is 11.7. The number of carbonyl (C=O) groups excluding carboxylic acids is 2. The van der Waals surface area contributed by atoms with Gasteiger partial charge in [0.15, 0.2) is 10.2 Å². The standard InChI is InChI=1S/C15H17N3O3S2/c1-8(2)6-12(19)17-14(22)18-15-16-10-5-4-9(13(20)21-3)7-11(10)23-15/h4-5,7-8H,6H2,1-3H3,(H2,16,17,18,19,22). The van der Waals surface area contributed by atoms with Crippen LogP contribution in [-0.2, 0) is 9.53 Å². The van der Waals surface area contributed by atoms with Crippen LogP contribution in [0.1, 0.15) is 30.6 Å². The van der Waals surface area contributed by atoms with E-state index >= 15 is 0 Å². The number of amides is 1. The minimum atomic E-state index is -0.397. The predicted molar refractivity (Wildman–Crippen MR) is 94.8 cm³/mol. The summed E-state index contributed by atoms with van der Waals surface area (Å²) in [4.78, 5) is 27.6. The van der Waals surface area contributed by atoms with E-state index in [1.54, 1.807) is 18.2 Å².